The van der Waals surface area contributed by atoms with Crippen molar-refractivity contribution in [1.29, 1.82) is 0 Å². The normalized spacial score (nSPS) is 12.4. The maximum Gasteiger partial charge on any atom is 0.331 e. The quantitative estimate of drug-likeness (QED) is 0.365. The lowest BCUT2D eigenvalue weighted by molar-refractivity contribution is -0.142. The lowest BCUT2D eigenvalue weighted by Crippen LogP contribution is -2.31. The molecule has 1 aliphatic heterocycles. The Kier molecular flexibility index (Phi) is 7.35. The fourth-order valence-electron chi connectivity index (χ4n) is 4.16. The number of fused-ring (bicyclic) bond motifs is 2. The third-order valence-electron chi connectivity index (χ3n) is 5.81. The van der Waals surface area contributed by atoms with E-state index >= 15 is 0 Å². The standard InChI is InChI=1S/C28H27NO6/c1-32-24-16-19(17-25(33-2)28(24)34-3)12-15-27(31)35-18-26(30)29-22-10-6-4-8-20(22)13-14-21-9-5-7-11-23(21)29/h4-12,15-17H,13-14,18H2,1-3H3/b15-12+. The Morgan fingerprint density at radius 2 is 1.37 bits per heavy atom. The van der Waals surface area contributed by atoms with Crippen molar-refractivity contribution in [2.24, 2.45) is 0 Å². The van der Waals surface area contributed by atoms with E-state index in [1.807, 2.05) is 48.5 Å². The van der Waals surface area contributed by atoms with Crippen LogP contribution in [0.1, 0.15) is 16.7 Å². The summed E-state index contributed by atoms with van der Waals surface area (Å²) in [4.78, 5) is 27.3. The Morgan fingerprint density at radius 1 is 0.829 bits per heavy atom. The maximum atomic E-state index is 13.3. The number of ether oxygens (including phenoxy) is 4. The molecule has 0 fully saturated rings. The van der Waals surface area contributed by atoms with E-state index in [1.165, 1.54) is 27.4 Å². The molecule has 0 N–H and O–H groups in total. The van der Waals surface area contributed by atoms with Gasteiger partial charge in [0, 0.05) is 6.08 Å². The Bertz CT molecular complexity index is 1190. The number of hydrogen-bond donors (Lipinski definition) is 0. The number of carbonyl (C=O) groups excluding carboxylic acids is 2. The number of methoxy groups -OCH3 is 3. The van der Waals surface area contributed by atoms with E-state index in [0.29, 0.717) is 22.8 Å². The number of nitrogens with zero attached hydrogens (tertiary/aromatic N) is 1. The zero-order chi connectivity index (χ0) is 24.8. The van der Waals surface area contributed by atoms with Crippen LogP contribution in [0.4, 0.5) is 11.4 Å². The van der Waals surface area contributed by atoms with Crippen molar-refractivity contribution in [3.8, 4) is 17.2 Å². The summed E-state index contributed by atoms with van der Waals surface area (Å²) in [5.41, 5.74) is 4.42. The van der Waals surface area contributed by atoms with Crippen LogP contribution in [0.3, 0.4) is 0 Å². The fourth-order valence-corrected chi connectivity index (χ4v) is 4.16. The molecule has 0 bridgehead atoms. The van der Waals surface area contributed by atoms with Crippen LogP contribution in [0.2, 0.25) is 0 Å². The smallest absolute Gasteiger partial charge is 0.331 e. The molecular formula is C28H27NO6. The maximum absolute atomic E-state index is 13.3. The summed E-state index contributed by atoms with van der Waals surface area (Å²) in [6, 6.07) is 19.0. The van der Waals surface area contributed by atoms with E-state index in [9.17, 15) is 9.59 Å². The van der Waals surface area contributed by atoms with E-state index in [-0.39, 0.29) is 12.5 Å². The molecule has 4 rings (SSSR count). The van der Waals surface area contributed by atoms with Crippen molar-refractivity contribution in [1.82, 2.24) is 0 Å². The van der Waals surface area contributed by atoms with Gasteiger partial charge < -0.3 is 18.9 Å². The van der Waals surface area contributed by atoms with Gasteiger partial charge in [0.1, 0.15) is 0 Å². The van der Waals surface area contributed by atoms with Gasteiger partial charge in [0.05, 0.1) is 32.7 Å². The molecule has 0 aliphatic carbocycles. The minimum Gasteiger partial charge on any atom is -0.493 e. The number of esters is 1. The number of aryl methyl sites for hydroxylation is 2. The first-order valence-electron chi connectivity index (χ1n) is 11.2. The van der Waals surface area contributed by atoms with Crippen molar-refractivity contribution in [3.63, 3.8) is 0 Å². The van der Waals surface area contributed by atoms with Gasteiger partial charge in [-0.15, -0.1) is 0 Å². The summed E-state index contributed by atoms with van der Waals surface area (Å²) in [6.07, 6.45) is 4.48. The average molecular weight is 474 g/mol. The molecule has 1 aliphatic rings. The van der Waals surface area contributed by atoms with Gasteiger partial charge in [-0.05, 0) is 59.9 Å². The highest BCUT2D eigenvalue weighted by Crippen LogP contribution is 2.39. The molecule has 1 amide bonds. The molecule has 180 valence electrons. The molecule has 3 aromatic rings. The van der Waals surface area contributed by atoms with Crippen LogP contribution < -0.4 is 19.1 Å². The zero-order valence-electron chi connectivity index (χ0n) is 19.9. The van der Waals surface area contributed by atoms with Crippen molar-refractivity contribution >= 4 is 29.3 Å². The number of anilines is 2. The largest absolute Gasteiger partial charge is 0.493 e. The lowest BCUT2D eigenvalue weighted by atomic mass is 10.0. The van der Waals surface area contributed by atoms with Gasteiger partial charge in [-0.25, -0.2) is 4.79 Å². The molecule has 1 heterocycles. The minimum absolute atomic E-state index is 0.318. The Labute approximate surface area is 204 Å². The predicted octanol–water partition coefficient (Wildman–Crippen LogP) is 4.73. The first kappa shape index (κ1) is 23.9. The van der Waals surface area contributed by atoms with Crippen LogP contribution >= 0.6 is 0 Å². The fraction of sp³-hybridized carbons (Fsp3) is 0.214. The zero-order valence-corrected chi connectivity index (χ0v) is 19.9. The molecule has 3 aromatic carbocycles. The van der Waals surface area contributed by atoms with Gasteiger partial charge in [-0.3, -0.25) is 9.69 Å². The summed E-state index contributed by atoms with van der Waals surface area (Å²) >= 11 is 0. The Hall–Kier alpha value is -4.26. The molecule has 0 atom stereocenters. The highest BCUT2D eigenvalue weighted by atomic mass is 16.5. The summed E-state index contributed by atoms with van der Waals surface area (Å²) in [6.45, 7) is -0.388. The molecule has 0 radical (unpaired) electrons. The van der Waals surface area contributed by atoms with E-state index in [0.717, 1.165) is 35.3 Å². The van der Waals surface area contributed by atoms with Crippen molar-refractivity contribution < 1.29 is 28.5 Å². The lowest BCUT2D eigenvalue weighted by Gasteiger charge is -2.24. The summed E-state index contributed by atoms with van der Waals surface area (Å²) < 4.78 is 21.3. The first-order chi connectivity index (χ1) is 17.0. The highest BCUT2D eigenvalue weighted by molar-refractivity contribution is 6.04. The van der Waals surface area contributed by atoms with Gasteiger partial charge >= 0.3 is 5.97 Å². The highest BCUT2D eigenvalue weighted by Gasteiger charge is 2.26. The van der Waals surface area contributed by atoms with Crippen molar-refractivity contribution in [2.75, 3.05) is 32.8 Å². The second kappa shape index (κ2) is 10.8. The molecule has 0 aromatic heterocycles. The Morgan fingerprint density at radius 3 is 1.89 bits per heavy atom. The molecule has 7 nitrogen and oxygen atoms in total. The molecule has 35 heavy (non-hydrogen) atoms. The molecule has 0 saturated heterocycles. The van der Waals surface area contributed by atoms with Gasteiger partial charge in [-0.1, -0.05) is 36.4 Å². The minimum atomic E-state index is -0.636. The van der Waals surface area contributed by atoms with Crippen molar-refractivity contribution in [2.45, 2.75) is 12.8 Å². The SMILES string of the molecule is COc1cc(/C=C/C(=O)OCC(=O)N2c3ccccc3CCc3ccccc32)cc(OC)c1OC. The van der Waals surface area contributed by atoms with E-state index in [2.05, 4.69) is 0 Å². The third kappa shape index (κ3) is 5.14. The van der Waals surface area contributed by atoms with Gasteiger partial charge in [0.2, 0.25) is 5.75 Å². The number of para-hydroxylation sites is 2. The van der Waals surface area contributed by atoms with Crippen LogP contribution in [0, 0.1) is 0 Å². The van der Waals surface area contributed by atoms with Gasteiger partial charge in [0.15, 0.2) is 18.1 Å². The van der Waals surface area contributed by atoms with Gasteiger partial charge in [-0.2, -0.15) is 0 Å². The number of hydrogen-bond acceptors (Lipinski definition) is 6. The van der Waals surface area contributed by atoms with Gasteiger partial charge in [0.25, 0.3) is 5.91 Å². The Balaban J connectivity index is 1.50. The summed E-state index contributed by atoms with van der Waals surface area (Å²) in [7, 11) is 4.55. The van der Waals surface area contributed by atoms with Crippen molar-refractivity contribution in [3.05, 3.63) is 83.4 Å². The van der Waals surface area contributed by atoms with Crippen LogP contribution in [-0.2, 0) is 27.2 Å². The second-order valence-electron chi connectivity index (χ2n) is 7.89. The topological polar surface area (TPSA) is 74.3 Å². The number of carbonyl (C=O) groups is 2. The molecule has 0 saturated carbocycles. The predicted molar refractivity (Wildman–Crippen MR) is 134 cm³/mol. The average Bonchev–Trinajstić information content (AvgIpc) is 3.06. The van der Waals surface area contributed by atoms with Crippen LogP contribution in [0.15, 0.2) is 66.7 Å². The number of benzene rings is 3. The monoisotopic (exact) mass is 473 g/mol. The summed E-state index contributed by atoms with van der Waals surface area (Å²) in [5.74, 6) is 0.435. The molecule has 0 unspecified atom stereocenters. The first-order valence-corrected chi connectivity index (χ1v) is 11.2. The molecule has 7 heteroatoms. The summed E-state index contributed by atoms with van der Waals surface area (Å²) in [5, 5.41) is 0. The van der Waals surface area contributed by atoms with E-state index < -0.39 is 5.97 Å². The van der Waals surface area contributed by atoms with Crippen LogP contribution in [0.5, 0.6) is 17.2 Å². The van der Waals surface area contributed by atoms with Crippen LogP contribution in [-0.4, -0.2) is 39.8 Å². The second-order valence-corrected chi connectivity index (χ2v) is 7.89. The third-order valence-corrected chi connectivity index (χ3v) is 5.81. The van der Waals surface area contributed by atoms with E-state index in [4.69, 9.17) is 18.9 Å². The van der Waals surface area contributed by atoms with E-state index in [1.54, 1.807) is 23.1 Å². The number of rotatable bonds is 7. The number of amides is 1. The van der Waals surface area contributed by atoms with Crippen LogP contribution in [0.25, 0.3) is 6.08 Å². The molecule has 0 spiro atoms. The molecular weight excluding hydrogens is 446 g/mol.